The Morgan fingerprint density at radius 3 is 2.83 bits per heavy atom. The highest BCUT2D eigenvalue weighted by Gasteiger charge is 2.10. The smallest absolute Gasteiger partial charge is 0.0393 e. The summed E-state index contributed by atoms with van der Waals surface area (Å²) in [4.78, 5) is 1.30. The third-order valence-corrected chi connectivity index (χ3v) is 5.11. The Morgan fingerprint density at radius 2 is 2.06 bits per heavy atom. The molecule has 0 fully saturated rings. The van der Waals surface area contributed by atoms with Gasteiger partial charge in [-0.25, -0.2) is 0 Å². The summed E-state index contributed by atoms with van der Waals surface area (Å²) in [6.07, 6.45) is 2.09. The second-order valence-electron chi connectivity index (χ2n) is 4.46. The Labute approximate surface area is 115 Å². The van der Waals surface area contributed by atoms with E-state index in [0.717, 1.165) is 12.8 Å². The highest BCUT2D eigenvalue weighted by molar-refractivity contribution is 7.19. The van der Waals surface area contributed by atoms with Crippen molar-refractivity contribution in [1.82, 2.24) is 0 Å². The molecular weight excluding hydrogens is 258 g/mol. The Hall–Kier alpha value is -1.16. The predicted molar refractivity (Wildman–Crippen MR) is 81.4 cm³/mol. The molecule has 3 rings (SSSR count). The van der Waals surface area contributed by atoms with Gasteiger partial charge in [0, 0.05) is 15.6 Å². The van der Waals surface area contributed by atoms with Gasteiger partial charge in [-0.3, -0.25) is 0 Å². The number of nitrogens with two attached hydrogens (primary N) is 1. The molecule has 0 spiro atoms. The van der Waals surface area contributed by atoms with Crippen LogP contribution in [0, 0.1) is 0 Å². The first-order chi connectivity index (χ1) is 8.83. The summed E-state index contributed by atoms with van der Waals surface area (Å²) < 4.78 is 1.33. The number of aryl methyl sites for hydroxylation is 1. The summed E-state index contributed by atoms with van der Waals surface area (Å²) >= 11 is 3.57. The Morgan fingerprint density at radius 1 is 1.17 bits per heavy atom. The monoisotopic (exact) mass is 273 g/mol. The molecule has 2 N–H and O–H groups in total. The van der Waals surface area contributed by atoms with Crippen LogP contribution in [0.4, 0.5) is 0 Å². The van der Waals surface area contributed by atoms with Gasteiger partial charge >= 0.3 is 0 Å². The van der Waals surface area contributed by atoms with E-state index in [0.29, 0.717) is 0 Å². The second-order valence-corrected chi connectivity index (χ2v) is 6.36. The highest BCUT2D eigenvalue weighted by Crippen LogP contribution is 2.30. The zero-order chi connectivity index (χ0) is 12.4. The molecule has 2 aromatic heterocycles. The molecule has 1 atom stereocenters. The van der Waals surface area contributed by atoms with Crippen LogP contribution in [0.3, 0.4) is 0 Å². The summed E-state index contributed by atoms with van der Waals surface area (Å²) in [5.74, 6) is 0. The van der Waals surface area contributed by atoms with Crippen molar-refractivity contribution in [2.75, 3.05) is 0 Å². The molecule has 18 heavy (non-hydrogen) atoms. The fraction of sp³-hybridized carbons (Fsp3) is 0.200. The maximum atomic E-state index is 6.29. The van der Waals surface area contributed by atoms with Crippen LogP contribution in [-0.4, -0.2) is 0 Å². The van der Waals surface area contributed by atoms with E-state index in [1.807, 2.05) is 11.3 Å². The molecule has 2 heterocycles. The fourth-order valence-electron chi connectivity index (χ4n) is 2.08. The molecule has 3 heteroatoms. The summed E-state index contributed by atoms with van der Waals surface area (Å²) in [5.41, 5.74) is 7.69. The number of hydrogen-bond donors (Lipinski definition) is 1. The van der Waals surface area contributed by atoms with Gasteiger partial charge < -0.3 is 5.73 Å². The van der Waals surface area contributed by atoms with Crippen molar-refractivity contribution >= 4 is 32.8 Å². The van der Waals surface area contributed by atoms with Gasteiger partial charge in [-0.1, -0.05) is 18.2 Å². The molecule has 0 bridgehead atoms. The lowest BCUT2D eigenvalue weighted by Gasteiger charge is -2.07. The molecule has 0 aliphatic carbocycles. The summed E-state index contributed by atoms with van der Waals surface area (Å²) in [7, 11) is 0. The van der Waals surface area contributed by atoms with Crippen molar-refractivity contribution in [3.05, 3.63) is 57.6 Å². The standard InChI is InChI=1S/C15H15NS2/c16-13(6-5-11-7-8-17-10-11)15-9-12-3-1-2-4-14(12)18-15/h1-4,7-10,13H,5-6,16H2. The lowest BCUT2D eigenvalue weighted by atomic mass is 10.1. The van der Waals surface area contributed by atoms with Gasteiger partial charge in [-0.2, -0.15) is 11.3 Å². The van der Waals surface area contributed by atoms with Crippen LogP contribution in [-0.2, 0) is 6.42 Å². The minimum Gasteiger partial charge on any atom is -0.323 e. The molecule has 1 unspecified atom stereocenters. The summed E-state index contributed by atoms with van der Waals surface area (Å²) in [5, 5.41) is 5.64. The first-order valence-electron chi connectivity index (χ1n) is 6.08. The molecule has 1 nitrogen and oxygen atoms in total. The molecule has 1 aromatic carbocycles. The van der Waals surface area contributed by atoms with E-state index in [1.54, 1.807) is 11.3 Å². The average molecular weight is 273 g/mol. The van der Waals surface area contributed by atoms with Crippen LogP contribution in [0.15, 0.2) is 47.2 Å². The van der Waals surface area contributed by atoms with E-state index in [1.165, 1.54) is 20.5 Å². The van der Waals surface area contributed by atoms with Gasteiger partial charge in [-0.15, -0.1) is 11.3 Å². The second kappa shape index (κ2) is 5.22. The van der Waals surface area contributed by atoms with Crippen LogP contribution in [0.25, 0.3) is 10.1 Å². The number of thiophene rings is 2. The van der Waals surface area contributed by atoms with Gasteiger partial charge in [0.05, 0.1) is 0 Å². The zero-order valence-corrected chi connectivity index (χ0v) is 11.6. The number of fused-ring (bicyclic) bond motifs is 1. The molecule has 0 aliphatic heterocycles. The lowest BCUT2D eigenvalue weighted by molar-refractivity contribution is 0.663. The van der Waals surface area contributed by atoms with Crippen molar-refractivity contribution in [2.45, 2.75) is 18.9 Å². The topological polar surface area (TPSA) is 26.0 Å². The van der Waals surface area contributed by atoms with E-state index in [2.05, 4.69) is 47.2 Å². The maximum absolute atomic E-state index is 6.29. The quantitative estimate of drug-likeness (QED) is 0.739. The molecule has 0 saturated carbocycles. The average Bonchev–Trinajstić information content (AvgIpc) is 3.04. The van der Waals surface area contributed by atoms with Gasteiger partial charge in [0.15, 0.2) is 0 Å². The molecule has 0 radical (unpaired) electrons. The normalized spacial score (nSPS) is 12.9. The van der Waals surface area contributed by atoms with Crippen molar-refractivity contribution in [2.24, 2.45) is 5.73 Å². The Balaban J connectivity index is 1.73. The van der Waals surface area contributed by atoms with Crippen LogP contribution in [0.5, 0.6) is 0 Å². The molecule has 0 saturated heterocycles. The SMILES string of the molecule is NC(CCc1ccsc1)c1cc2ccccc2s1. The first kappa shape index (κ1) is 11.9. The molecule has 0 amide bonds. The zero-order valence-electron chi connectivity index (χ0n) is 10.0. The van der Waals surface area contributed by atoms with Crippen LogP contribution < -0.4 is 5.73 Å². The largest absolute Gasteiger partial charge is 0.323 e. The summed E-state index contributed by atoms with van der Waals surface area (Å²) in [6.45, 7) is 0. The van der Waals surface area contributed by atoms with Gasteiger partial charge in [0.2, 0.25) is 0 Å². The Kier molecular flexibility index (Phi) is 3.46. The number of benzene rings is 1. The maximum Gasteiger partial charge on any atom is 0.0393 e. The fourth-order valence-corrected chi connectivity index (χ4v) is 3.89. The highest BCUT2D eigenvalue weighted by atomic mass is 32.1. The lowest BCUT2D eigenvalue weighted by Crippen LogP contribution is -2.09. The third-order valence-electron chi connectivity index (χ3n) is 3.13. The van der Waals surface area contributed by atoms with E-state index in [4.69, 9.17) is 5.73 Å². The van der Waals surface area contributed by atoms with Gasteiger partial charge in [-0.05, 0) is 52.8 Å². The predicted octanol–water partition coefficient (Wildman–Crippen LogP) is 4.60. The minimum atomic E-state index is 0.155. The van der Waals surface area contributed by atoms with Crippen molar-refractivity contribution in [3.8, 4) is 0 Å². The number of rotatable bonds is 4. The molecule has 0 aliphatic rings. The van der Waals surface area contributed by atoms with Gasteiger partial charge in [0.1, 0.15) is 0 Å². The van der Waals surface area contributed by atoms with Crippen molar-refractivity contribution in [1.29, 1.82) is 0 Å². The minimum absolute atomic E-state index is 0.155. The summed E-state index contributed by atoms with van der Waals surface area (Å²) in [6, 6.07) is 13.0. The van der Waals surface area contributed by atoms with Crippen LogP contribution >= 0.6 is 22.7 Å². The van der Waals surface area contributed by atoms with Gasteiger partial charge in [0.25, 0.3) is 0 Å². The molecule has 92 valence electrons. The van der Waals surface area contributed by atoms with Crippen molar-refractivity contribution in [3.63, 3.8) is 0 Å². The number of hydrogen-bond acceptors (Lipinski definition) is 3. The van der Waals surface area contributed by atoms with Crippen LogP contribution in [0.2, 0.25) is 0 Å². The van der Waals surface area contributed by atoms with E-state index < -0.39 is 0 Å². The van der Waals surface area contributed by atoms with E-state index in [9.17, 15) is 0 Å². The van der Waals surface area contributed by atoms with E-state index >= 15 is 0 Å². The molecular formula is C15H15NS2. The van der Waals surface area contributed by atoms with Crippen LogP contribution in [0.1, 0.15) is 22.9 Å². The Bertz CT molecular complexity index is 592. The van der Waals surface area contributed by atoms with Crippen molar-refractivity contribution < 1.29 is 0 Å². The molecule has 3 aromatic rings. The third kappa shape index (κ3) is 2.48. The van der Waals surface area contributed by atoms with E-state index in [-0.39, 0.29) is 6.04 Å². The first-order valence-corrected chi connectivity index (χ1v) is 7.84.